The van der Waals surface area contributed by atoms with Crippen molar-refractivity contribution in [2.75, 3.05) is 24.3 Å². The second-order valence-corrected chi connectivity index (χ2v) is 8.46. The average molecular weight is 439 g/mol. The Hall–Kier alpha value is -2.82. The summed E-state index contributed by atoms with van der Waals surface area (Å²) in [5, 5.41) is 3.05. The molecule has 0 aliphatic heterocycles. The van der Waals surface area contributed by atoms with Crippen LogP contribution in [0.4, 0.5) is 11.4 Å². The van der Waals surface area contributed by atoms with E-state index in [9.17, 15) is 9.59 Å². The molecule has 0 atom stereocenters. The molecule has 2 aromatic carbocycles. The van der Waals surface area contributed by atoms with Crippen molar-refractivity contribution in [2.24, 2.45) is 0 Å². The summed E-state index contributed by atoms with van der Waals surface area (Å²) >= 11 is 0. The number of hydrogen-bond acceptors (Lipinski definition) is 4. The summed E-state index contributed by atoms with van der Waals surface area (Å²) in [6.07, 6.45) is 8.33. The van der Waals surface area contributed by atoms with Gasteiger partial charge in [0.05, 0.1) is 11.4 Å². The van der Waals surface area contributed by atoms with Gasteiger partial charge in [-0.2, -0.15) is 0 Å². The van der Waals surface area contributed by atoms with Gasteiger partial charge in [-0.05, 0) is 48.9 Å². The summed E-state index contributed by atoms with van der Waals surface area (Å²) in [4.78, 5) is 26.1. The average Bonchev–Trinajstić information content (AvgIpc) is 2.78. The van der Waals surface area contributed by atoms with Gasteiger partial charge in [0, 0.05) is 26.9 Å². The minimum Gasteiger partial charge on any atom is -0.461 e. The maximum absolute atomic E-state index is 12.5. The molecule has 2 rings (SSSR count). The Bertz CT molecular complexity index is 834. The molecule has 0 radical (unpaired) electrons. The number of esters is 1. The summed E-state index contributed by atoms with van der Waals surface area (Å²) in [5.41, 5.74) is 3.95. The van der Waals surface area contributed by atoms with Crippen LogP contribution in [0.2, 0.25) is 0 Å². The predicted molar refractivity (Wildman–Crippen MR) is 132 cm³/mol. The lowest BCUT2D eigenvalue weighted by atomic mass is 10.0. The molecule has 1 amide bonds. The molecule has 0 unspecified atom stereocenters. The Kier molecular flexibility index (Phi) is 11.4. The highest BCUT2D eigenvalue weighted by atomic mass is 16.5. The van der Waals surface area contributed by atoms with Crippen LogP contribution in [-0.4, -0.2) is 26.0 Å². The number of nitrogens with zero attached hydrogens (tertiary/aromatic N) is 1. The van der Waals surface area contributed by atoms with Crippen LogP contribution in [0.5, 0.6) is 0 Å². The molecule has 5 heteroatoms. The number of rotatable bonds is 14. The van der Waals surface area contributed by atoms with Crippen molar-refractivity contribution in [1.82, 2.24) is 0 Å². The summed E-state index contributed by atoms with van der Waals surface area (Å²) in [6, 6.07) is 16.4. The van der Waals surface area contributed by atoms with E-state index in [1.165, 1.54) is 18.4 Å². The van der Waals surface area contributed by atoms with Gasteiger partial charge in [0.25, 0.3) is 0 Å². The van der Waals surface area contributed by atoms with Crippen molar-refractivity contribution >= 4 is 23.3 Å². The number of anilines is 2. The first-order chi connectivity index (χ1) is 15.5. The Labute approximate surface area is 193 Å². The Morgan fingerprint density at radius 1 is 0.875 bits per heavy atom. The van der Waals surface area contributed by atoms with Crippen LogP contribution >= 0.6 is 0 Å². The normalized spacial score (nSPS) is 10.6. The maximum atomic E-state index is 12.5. The monoisotopic (exact) mass is 438 g/mol. The zero-order chi connectivity index (χ0) is 23.2. The molecule has 0 aromatic heterocycles. The number of carbonyl (C=O) groups excluding carboxylic acids is 2. The van der Waals surface area contributed by atoms with Gasteiger partial charge < -0.3 is 15.0 Å². The van der Waals surface area contributed by atoms with Crippen LogP contribution in [0.1, 0.15) is 69.4 Å². The van der Waals surface area contributed by atoms with Crippen LogP contribution in [-0.2, 0) is 27.4 Å². The number of benzene rings is 2. The van der Waals surface area contributed by atoms with Crippen molar-refractivity contribution in [3.05, 3.63) is 59.7 Å². The molecule has 0 spiro atoms. The highest BCUT2D eigenvalue weighted by Gasteiger charge is 2.11. The van der Waals surface area contributed by atoms with Gasteiger partial charge in [-0.25, -0.2) is 0 Å². The minimum absolute atomic E-state index is 0.0255. The maximum Gasteiger partial charge on any atom is 0.306 e. The van der Waals surface area contributed by atoms with E-state index in [1.807, 2.05) is 44.1 Å². The molecule has 1 N–H and O–H groups in total. The number of carbonyl (C=O) groups is 2. The van der Waals surface area contributed by atoms with Crippen molar-refractivity contribution in [3.63, 3.8) is 0 Å². The second-order valence-electron chi connectivity index (χ2n) is 8.46. The summed E-state index contributed by atoms with van der Waals surface area (Å²) in [6.45, 7) is 2.17. The fraction of sp³-hybridized carbons (Fsp3) is 0.481. The molecule has 32 heavy (non-hydrogen) atoms. The third kappa shape index (κ3) is 9.54. The van der Waals surface area contributed by atoms with Gasteiger partial charge in [0.2, 0.25) is 5.91 Å². The van der Waals surface area contributed by atoms with Crippen LogP contribution in [0.25, 0.3) is 0 Å². The lowest BCUT2D eigenvalue weighted by molar-refractivity contribution is -0.145. The molecular weight excluding hydrogens is 400 g/mol. The predicted octanol–water partition coefficient (Wildman–Crippen LogP) is 6.12. The number of hydrogen-bond donors (Lipinski definition) is 1. The molecule has 2 aromatic rings. The molecular formula is C27H38N2O3. The van der Waals surface area contributed by atoms with Crippen molar-refractivity contribution in [3.8, 4) is 0 Å². The van der Waals surface area contributed by atoms with E-state index < -0.39 is 0 Å². The fourth-order valence-corrected chi connectivity index (χ4v) is 3.61. The second kappa shape index (κ2) is 14.3. The van der Waals surface area contributed by atoms with E-state index in [1.54, 1.807) is 0 Å². The van der Waals surface area contributed by atoms with Crippen LogP contribution in [0, 0.1) is 0 Å². The Morgan fingerprint density at radius 3 is 2.31 bits per heavy atom. The largest absolute Gasteiger partial charge is 0.461 e. The van der Waals surface area contributed by atoms with Gasteiger partial charge in [-0.3, -0.25) is 9.59 Å². The first-order valence-corrected chi connectivity index (χ1v) is 11.8. The summed E-state index contributed by atoms with van der Waals surface area (Å²) in [7, 11) is 3.89. The van der Waals surface area contributed by atoms with Gasteiger partial charge in [-0.15, -0.1) is 0 Å². The van der Waals surface area contributed by atoms with E-state index >= 15 is 0 Å². The molecule has 0 aliphatic carbocycles. The summed E-state index contributed by atoms with van der Waals surface area (Å²) < 4.78 is 5.30. The third-order valence-corrected chi connectivity index (χ3v) is 5.38. The zero-order valence-corrected chi connectivity index (χ0v) is 19.9. The van der Waals surface area contributed by atoms with E-state index in [0.717, 1.165) is 49.0 Å². The molecule has 5 nitrogen and oxygen atoms in total. The Morgan fingerprint density at radius 2 is 1.59 bits per heavy atom. The fourth-order valence-electron chi connectivity index (χ4n) is 3.61. The van der Waals surface area contributed by atoms with Gasteiger partial charge in [0.15, 0.2) is 0 Å². The van der Waals surface area contributed by atoms with Gasteiger partial charge in [-0.1, -0.05) is 62.6 Å². The van der Waals surface area contributed by atoms with Crippen LogP contribution in [0.3, 0.4) is 0 Å². The lowest BCUT2D eigenvalue weighted by Gasteiger charge is -2.19. The quantitative estimate of drug-likeness (QED) is 0.285. The standard InChI is InChI=1S/C27H38N2O3/c1-4-13-27(31)32-21-23-18-19-25(29(2)3)24(20-23)28-26(30)17-12-7-5-6-9-14-22-15-10-8-11-16-22/h8,10-11,15-16,18-20H,4-7,9,12-14,17,21H2,1-3H3,(H,28,30). The number of ether oxygens (including phenoxy) is 1. The molecule has 0 saturated carbocycles. The topological polar surface area (TPSA) is 58.6 Å². The summed E-state index contributed by atoms with van der Waals surface area (Å²) in [5.74, 6) is -0.170. The van der Waals surface area contributed by atoms with Gasteiger partial charge >= 0.3 is 5.97 Å². The first kappa shape index (κ1) is 25.4. The highest BCUT2D eigenvalue weighted by molar-refractivity contribution is 5.94. The minimum atomic E-state index is -0.196. The third-order valence-electron chi connectivity index (χ3n) is 5.38. The van der Waals surface area contributed by atoms with Crippen LogP contribution < -0.4 is 10.2 Å². The van der Waals surface area contributed by atoms with Crippen molar-refractivity contribution in [2.45, 2.75) is 71.3 Å². The van der Waals surface area contributed by atoms with E-state index in [-0.39, 0.29) is 18.5 Å². The molecule has 0 aliphatic rings. The number of unbranched alkanes of at least 4 members (excludes halogenated alkanes) is 4. The molecule has 0 fully saturated rings. The number of aryl methyl sites for hydroxylation is 1. The molecule has 0 heterocycles. The SMILES string of the molecule is CCCC(=O)OCc1ccc(N(C)C)c(NC(=O)CCCCCCCc2ccccc2)c1. The number of amides is 1. The first-order valence-electron chi connectivity index (χ1n) is 11.8. The van der Waals surface area contributed by atoms with Gasteiger partial charge in [0.1, 0.15) is 6.61 Å². The molecule has 0 bridgehead atoms. The molecule has 174 valence electrons. The van der Waals surface area contributed by atoms with E-state index in [0.29, 0.717) is 12.8 Å². The van der Waals surface area contributed by atoms with Crippen molar-refractivity contribution < 1.29 is 14.3 Å². The van der Waals surface area contributed by atoms with Crippen LogP contribution in [0.15, 0.2) is 48.5 Å². The highest BCUT2D eigenvalue weighted by Crippen LogP contribution is 2.26. The van der Waals surface area contributed by atoms with E-state index in [4.69, 9.17) is 4.74 Å². The zero-order valence-electron chi connectivity index (χ0n) is 19.9. The smallest absolute Gasteiger partial charge is 0.306 e. The van der Waals surface area contributed by atoms with E-state index in [2.05, 4.69) is 35.6 Å². The van der Waals surface area contributed by atoms with Crippen molar-refractivity contribution in [1.29, 1.82) is 0 Å². The number of nitrogens with one attached hydrogen (secondary N) is 1. The Balaban J connectivity index is 1.74. The lowest BCUT2D eigenvalue weighted by Crippen LogP contribution is -2.17. The molecule has 0 saturated heterocycles.